The number of nitriles is 1. The molecule has 0 bridgehead atoms. The fraction of sp³-hybridized carbons (Fsp3) is 0.273. The summed E-state index contributed by atoms with van der Waals surface area (Å²) in [4.78, 5) is 13.3. The second kappa shape index (κ2) is 3.92. The number of hydrogen-bond acceptors (Lipinski definition) is 3. The van der Waals surface area contributed by atoms with Crippen LogP contribution in [0, 0.1) is 17.2 Å². The quantitative estimate of drug-likeness (QED) is 0.726. The number of ketones is 1. The van der Waals surface area contributed by atoms with Gasteiger partial charge in [0.1, 0.15) is 5.92 Å². The summed E-state index contributed by atoms with van der Waals surface area (Å²) in [7, 11) is 0. The zero-order valence-corrected chi connectivity index (χ0v) is 8.74. The Morgan fingerprint density at radius 3 is 2.60 bits per heavy atom. The first-order valence-electron chi connectivity index (χ1n) is 4.63. The van der Waals surface area contributed by atoms with Crippen LogP contribution in [0.15, 0.2) is 24.3 Å². The normalized spacial score (nSPS) is 20.4. The van der Waals surface area contributed by atoms with Gasteiger partial charge in [0, 0.05) is 17.3 Å². The highest BCUT2D eigenvalue weighted by molar-refractivity contribution is 6.30. The van der Waals surface area contributed by atoms with E-state index in [0.29, 0.717) is 18.1 Å². The minimum atomic E-state index is -0.485. The van der Waals surface area contributed by atoms with E-state index in [2.05, 4.69) is 0 Å². The molecule has 1 fully saturated rings. The maximum Gasteiger partial charge on any atom is 0.170 e. The summed E-state index contributed by atoms with van der Waals surface area (Å²) in [5.41, 5.74) is 0.936. The van der Waals surface area contributed by atoms with Crippen LogP contribution in [0.25, 0.3) is 0 Å². The van der Waals surface area contributed by atoms with Gasteiger partial charge in [-0.15, -0.1) is 0 Å². The zero-order chi connectivity index (χ0) is 10.8. The van der Waals surface area contributed by atoms with E-state index in [4.69, 9.17) is 16.9 Å². The van der Waals surface area contributed by atoms with Crippen molar-refractivity contribution in [1.82, 2.24) is 0 Å². The van der Waals surface area contributed by atoms with Gasteiger partial charge in [-0.1, -0.05) is 11.6 Å². The van der Waals surface area contributed by atoms with Gasteiger partial charge in [0.05, 0.1) is 12.6 Å². The van der Waals surface area contributed by atoms with Crippen LogP contribution in [0.5, 0.6) is 0 Å². The number of rotatable bonds is 1. The minimum Gasteiger partial charge on any atom is -0.362 e. The average Bonchev–Trinajstić information content (AvgIpc) is 2.61. The van der Waals surface area contributed by atoms with Gasteiger partial charge < -0.3 is 4.90 Å². The maximum absolute atomic E-state index is 11.4. The molecule has 0 radical (unpaired) electrons. The molecule has 1 aliphatic heterocycles. The number of anilines is 1. The number of Topliss-reactive ketones (excluding diaryl/α,β-unsaturated/α-hetero) is 1. The highest BCUT2D eigenvalue weighted by Crippen LogP contribution is 2.22. The van der Waals surface area contributed by atoms with E-state index in [9.17, 15) is 4.79 Å². The first-order chi connectivity index (χ1) is 7.20. The minimum absolute atomic E-state index is 0.00699. The van der Waals surface area contributed by atoms with E-state index in [1.165, 1.54) is 0 Å². The number of benzene rings is 1. The van der Waals surface area contributed by atoms with Crippen molar-refractivity contribution in [3.63, 3.8) is 0 Å². The second-order valence-electron chi connectivity index (χ2n) is 3.50. The van der Waals surface area contributed by atoms with E-state index in [1.807, 2.05) is 23.1 Å². The van der Waals surface area contributed by atoms with E-state index in [0.717, 1.165) is 5.69 Å². The van der Waals surface area contributed by atoms with Crippen LogP contribution >= 0.6 is 11.6 Å². The molecule has 0 unspecified atom stereocenters. The number of hydrogen-bond donors (Lipinski definition) is 0. The topological polar surface area (TPSA) is 44.1 Å². The second-order valence-corrected chi connectivity index (χ2v) is 3.94. The lowest BCUT2D eigenvalue weighted by atomic mass is 10.1. The maximum atomic E-state index is 11.4. The summed E-state index contributed by atoms with van der Waals surface area (Å²) in [6.07, 6.45) is 0. The lowest BCUT2D eigenvalue weighted by molar-refractivity contribution is -0.118. The lowest BCUT2D eigenvalue weighted by Crippen LogP contribution is -2.19. The molecule has 1 saturated heterocycles. The van der Waals surface area contributed by atoms with Gasteiger partial charge >= 0.3 is 0 Å². The Balaban J connectivity index is 2.18. The monoisotopic (exact) mass is 220 g/mol. The van der Waals surface area contributed by atoms with Gasteiger partial charge in [-0.2, -0.15) is 5.26 Å². The Hall–Kier alpha value is -1.53. The van der Waals surface area contributed by atoms with Crippen molar-refractivity contribution in [2.75, 3.05) is 18.0 Å². The van der Waals surface area contributed by atoms with Crippen LogP contribution in [-0.2, 0) is 4.79 Å². The molecule has 1 atom stereocenters. The number of halogens is 1. The van der Waals surface area contributed by atoms with Gasteiger partial charge in [-0.25, -0.2) is 0 Å². The Kier molecular flexibility index (Phi) is 2.61. The van der Waals surface area contributed by atoms with Gasteiger partial charge in [-0.05, 0) is 24.3 Å². The summed E-state index contributed by atoms with van der Waals surface area (Å²) in [6, 6.07) is 9.28. The van der Waals surface area contributed by atoms with E-state index < -0.39 is 5.92 Å². The van der Waals surface area contributed by atoms with Crippen LogP contribution in [0.2, 0.25) is 5.02 Å². The number of carbonyl (C=O) groups is 1. The van der Waals surface area contributed by atoms with Crippen molar-refractivity contribution in [2.24, 2.45) is 5.92 Å². The Bertz CT molecular complexity index is 421. The van der Waals surface area contributed by atoms with Gasteiger partial charge in [-0.3, -0.25) is 4.79 Å². The zero-order valence-electron chi connectivity index (χ0n) is 7.98. The van der Waals surface area contributed by atoms with Gasteiger partial charge in [0.2, 0.25) is 0 Å². The van der Waals surface area contributed by atoms with Crippen LogP contribution in [0.4, 0.5) is 5.69 Å². The third kappa shape index (κ3) is 1.95. The van der Waals surface area contributed by atoms with Crippen LogP contribution in [0.1, 0.15) is 0 Å². The van der Waals surface area contributed by atoms with Crippen LogP contribution in [-0.4, -0.2) is 18.9 Å². The Labute approximate surface area is 92.9 Å². The molecule has 4 heteroatoms. The molecule has 3 nitrogen and oxygen atoms in total. The predicted molar refractivity (Wildman–Crippen MR) is 57.8 cm³/mol. The van der Waals surface area contributed by atoms with Crippen molar-refractivity contribution >= 4 is 23.1 Å². The lowest BCUT2D eigenvalue weighted by Gasteiger charge is -2.16. The molecule has 0 saturated carbocycles. The largest absolute Gasteiger partial charge is 0.362 e. The van der Waals surface area contributed by atoms with Crippen molar-refractivity contribution in [2.45, 2.75) is 0 Å². The molecule has 1 heterocycles. The van der Waals surface area contributed by atoms with E-state index >= 15 is 0 Å². The van der Waals surface area contributed by atoms with Crippen LogP contribution in [0.3, 0.4) is 0 Å². The Morgan fingerprint density at radius 1 is 1.40 bits per heavy atom. The SMILES string of the molecule is N#C[C@@H]1CN(c2ccc(Cl)cc2)CC1=O. The Morgan fingerprint density at radius 2 is 2.07 bits per heavy atom. The highest BCUT2D eigenvalue weighted by Gasteiger charge is 2.30. The average molecular weight is 221 g/mol. The summed E-state index contributed by atoms with van der Waals surface area (Å²) in [6.45, 7) is 0.802. The molecule has 0 amide bonds. The van der Waals surface area contributed by atoms with E-state index in [-0.39, 0.29) is 5.78 Å². The fourth-order valence-electron chi connectivity index (χ4n) is 1.65. The molecular formula is C11H9ClN2O. The molecule has 0 aliphatic carbocycles. The predicted octanol–water partition coefficient (Wildman–Crippen LogP) is 1.87. The van der Waals surface area contributed by atoms with E-state index in [1.54, 1.807) is 12.1 Å². The summed E-state index contributed by atoms with van der Waals surface area (Å²) in [5.74, 6) is -0.492. The summed E-state index contributed by atoms with van der Waals surface area (Å²) in [5, 5.41) is 9.39. The molecule has 1 aliphatic rings. The van der Waals surface area contributed by atoms with Gasteiger partial charge in [0.25, 0.3) is 0 Å². The fourth-order valence-corrected chi connectivity index (χ4v) is 1.77. The number of carbonyl (C=O) groups excluding carboxylic acids is 1. The van der Waals surface area contributed by atoms with Crippen LogP contribution < -0.4 is 4.90 Å². The molecular weight excluding hydrogens is 212 g/mol. The number of nitrogens with zero attached hydrogens (tertiary/aromatic N) is 2. The molecule has 0 aromatic heterocycles. The summed E-state index contributed by atoms with van der Waals surface area (Å²) < 4.78 is 0. The molecule has 15 heavy (non-hydrogen) atoms. The van der Waals surface area contributed by atoms with Crippen molar-refractivity contribution in [1.29, 1.82) is 5.26 Å². The third-order valence-electron chi connectivity index (χ3n) is 2.49. The third-order valence-corrected chi connectivity index (χ3v) is 2.74. The molecule has 0 N–H and O–H groups in total. The van der Waals surface area contributed by atoms with Crippen molar-refractivity contribution < 1.29 is 4.79 Å². The first-order valence-corrected chi connectivity index (χ1v) is 5.01. The molecule has 76 valence electrons. The van der Waals surface area contributed by atoms with Crippen molar-refractivity contribution in [3.8, 4) is 6.07 Å². The molecule has 0 spiro atoms. The smallest absolute Gasteiger partial charge is 0.170 e. The standard InChI is InChI=1S/C11H9ClN2O/c12-9-1-3-10(4-2-9)14-6-8(5-13)11(15)7-14/h1-4,8H,6-7H2/t8-/m1/s1. The molecule has 2 rings (SSSR count). The molecule has 1 aromatic rings. The molecule has 1 aromatic carbocycles. The van der Waals surface area contributed by atoms with Crippen molar-refractivity contribution in [3.05, 3.63) is 29.3 Å². The highest BCUT2D eigenvalue weighted by atomic mass is 35.5. The summed E-state index contributed by atoms with van der Waals surface area (Å²) >= 11 is 5.77. The van der Waals surface area contributed by atoms with Gasteiger partial charge in [0.15, 0.2) is 5.78 Å². The first kappa shape index (κ1) is 10.0.